The number of allylic oxidation sites excluding steroid dienone is 1. The molecule has 0 fully saturated rings. The highest BCUT2D eigenvalue weighted by Crippen LogP contribution is 2.35. The van der Waals surface area contributed by atoms with Crippen LogP contribution in [-0.2, 0) is 6.42 Å². The van der Waals surface area contributed by atoms with E-state index in [1.165, 1.54) is 27.8 Å². The Morgan fingerprint density at radius 2 is 1.29 bits per heavy atom. The maximum Gasteiger partial charge on any atom is -0.00702 e. The van der Waals surface area contributed by atoms with E-state index in [2.05, 4.69) is 85.4 Å². The lowest BCUT2D eigenvalue weighted by Crippen LogP contribution is -1.92. The minimum Gasteiger partial charge on any atom is -0.103 e. The third kappa shape index (κ3) is 2.80. The number of benzene rings is 3. The highest BCUT2D eigenvalue weighted by molar-refractivity contribution is 5.85. The molecule has 0 heterocycles. The van der Waals surface area contributed by atoms with Crippen molar-refractivity contribution in [1.82, 2.24) is 0 Å². The van der Waals surface area contributed by atoms with Crippen LogP contribution in [0, 0.1) is 0 Å². The van der Waals surface area contributed by atoms with Crippen molar-refractivity contribution in [1.29, 1.82) is 0 Å². The smallest absolute Gasteiger partial charge is 0.00702 e. The Morgan fingerprint density at radius 3 is 1.90 bits per heavy atom. The molecule has 0 saturated heterocycles. The summed E-state index contributed by atoms with van der Waals surface area (Å²) in [5.74, 6) is 0. The van der Waals surface area contributed by atoms with Gasteiger partial charge in [0.15, 0.2) is 0 Å². The number of rotatable bonds is 4. The van der Waals surface area contributed by atoms with Gasteiger partial charge in [0.2, 0.25) is 0 Å². The van der Waals surface area contributed by atoms with E-state index in [1.54, 1.807) is 0 Å². The average Bonchev–Trinajstić information content (AvgIpc) is 2.56. The van der Waals surface area contributed by atoms with Crippen LogP contribution in [0.3, 0.4) is 0 Å². The van der Waals surface area contributed by atoms with E-state index in [0.717, 1.165) is 6.42 Å². The van der Waals surface area contributed by atoms with E-state index in [4.69, 9.17) is 0 Å². The molecule has 0 aliphatic heterocycles. The van der Waals surface area contributed by atoms with E-state index >= 15 is 0 Å². The van der Waals surface area contributed by atoms with Gasteiger partial charge in [-0.2, -0.15) is 0 Å². The second kappa shape index (κ2) is 6.23. The summed E-state index contributed by atoms with van der Waals surface area (Å²) < 4.78 is 0. The van der Waals surface area contributed by atoms with E-state index in [-0.39, 0.29) is 0 Å². The first kappa shape index (κ1) is 13.4. The van der Waals surface area contributed by atoms with Crippen LogP contribution in [0.15, 0.2) is 91.5 Å². The lowest BCUT2D eigenvalue weighted by Gasteiger charge is -2.15. The third-order valence-electron chi connectivity index (χ3n) is 3.66. The van der Waals surface area contributed by atoms with Crippen LogP contribution in [0.5, 0.6) is 0 Å². The molecule has 0 aliphatic rings. The highest BCUT2D eigenvalue weighted by Gasteiger charge is 2.11. The van der Waals surface area contributed by atoms with Crippen molar-refractivity contribution in [3.05, 3.63) is 97.1 Å². The fourth-order valence-electron chi connectivity index (χ4n) is 2.73. The van der Waals surface area contributed by atoms with Gasteiger partial charge in [-0.1, -0.05) is 84.9 Å². The molecule has 0 spiro atoms. The molecule has 0 saturated carbocycles. The summed E-state index contributed by atoms with van der Waals surface area (Å²) in [6, 6.07) is 27.7. The van der Waals surface area contributed by atoms with Gasteiger partial charge in [-0.15, -0.1) is 6.58 Å². The third-order valence-corrected chi connectivity index (χ3v) is 3.66. The van der Waals surface area contributed by atoms with Crippen LogP contribution in [0.4, 0.5) is 0 Å². The molecule has 0 N–H and O–H groups in total. The van der Waals surface area contributed by atoms with Gasteiger partial charge in [-0.3, -0.25) is 0 Å². The van der Waals surface area contributed by atoms with Gasteiger partial charge in [-0.05, 0) is 34.2 Å². The van der Waals surface area contributed by atoms with Crippen molar-refractivity contribution in [2.24, 2.45) is 0 Å². The molecule has 0 nitrogen and oxygen atoms in total. The van der Waals surface area contributed by atoms with Gasteiger partial charge < -0.3 is 0 Å². The minimum absolute atomic E-state index is 0.880. The summed E-state index contributed by atoms with van der Waals surface area (Å²) in [7, 11) is 0. The molecule has 0 aliphatic carbocycles. The molecule has 102 valence electrons. The Balaban J connectivity index is 2.25. The normalized spacial score (nSPS) is 10.3. The van der Waals surface area contributed by atoms with Gasteiger partial charge in [0.25, 0.3) is 0 Å². The standard InChI is InChI=1S/C21H18/c1-2-10-18-15-9-16-20(17-11-5-3-6-12-17)21(18)19-13-7-4-8-14-19/h2-9,11-16H,1,10H2. The fraction of sp³-hybridized carbons (Fsp3) is 0.0476. The molecule has 0 bridgehead atoms. The molecule has 21 heavy (non-hydrogen) atoms. The van der Waals surface area contributed by atoms with Crippen molar-refractivity contribution < 1.29 is 0 Å². The van der Waals surface area contributed by atoms with Crippen molar-refractivity contribution in [2.75, 3.05) is 0 Å². The second-order valence-electron chi connectivity index (χ2n) is 5.06. The number of hydrogen-bond acceptors (Lipinski definition) is 0. The predicted molar refractivity (Wildman–Crippen MR) is 91.2 cm³/mol. The van der Waals surface area contributed by atoms with Gasteiger partial charge in [-0.25, -0.2) is 0 Å². The molecule has 0 aromatic heterocycles. The highest BCUT2D eigenvalue weighted by atomic mass is 14.1. The summed E-state index contributed by atoms with van der Waals surface area (Å²) in [5.41, 5.74) is 6.42. The summed E-state index contributed by atoms with van der Waals surface area (Å²) in [4.78, 5) is 0. The lowest BCUT2D eigenvalue weighted by molar-refractivity contribution is 1.28. The van der Waals surface area contributed by atoms with Crippen LogP contribution in [0.25, 0.3) is 22.3 Å². The van der Waals surface area contributed by atoms with Gasteiger partial charge in [0, 0.05) is 0 Å². The van der Waals surface area contributed by atoms with Gasteiger partial charge >= 0.3 is 0 Å². The zero-order valence-corrected chi connectivity index (χ0v) is 12.0. The first-order valence-electron chi connectivity index (χ1n) is 7.24. The Bertz CT molecular complexity index is 725. The summed E-state index contributed by atoms with van der Waals surface area (Å²) in [5, 5.41) is 0. The Labute approximate surface area is 126 Å². The van der Waals surface area contributed by atoms with Crippen molar-refractivity contribution in [2.45, 2.75) is 6.42 Å². The molecular weight excluding hydrogens is 252 g/mol. The molecule has 0 unspecified atom stereocenters. The first-order chi connectivity index (χ1) is 10.4. The maximum absolute atomic E-state index is 3.89. The van der Waals surface area contributed by atoms with Crippen LogP contribution in [0.2, 0.25) is 0 Å². The second-order valence-corrected chi connectivity index (χ2v) is 5.06. The lowest BCUT2D eigenvalue weighted by atomic mass is 9.89. The SMILES string of the molecule is C=CCc1cccc(-c2ccccc2)c1-c1ccccc1. The van der Waals surface area contributed by atoms with Crippen LogP contribution < -0.4 is 0 Å². The molecule has 3 aromatic carbocycles. The molecule has 3 rings (SSSR count). The molecular formula is C21H18. The zero-order valence-electron chi connectivity index (χ0n) is 12.0. The molecule has 0 radical (unpaired) electrons. The summed E-state index contributed by atoms with van der Waals surface area (Å²) in [6.45, 7) is 3.89. The maximum atomic E-state index is 3.89. The minimum atomic E-state index is 0.880. The fourth-order valence-corrected chi connectivity index (χ4v) is 2.73. The molecule has 3 aromatic rings. The monoisotopic (exact) mass is 270 g/mol. The Kier molecular flexibility index (Phi) is 3.97. The van der Waals surface area contributed by atoms with Crippen molar-refractivity contribution in [3.63, 3.8) is 0 Å². The van der Waals surface area contributed by atoms with E-state index in [0.29, 0.717) is 0 Å². The van der Waals surface area contributed by atoms with E-state index < -0.39 is 0 Å². The van der Waals surface area contributed by atoms with Gasteiger partial charge in [0.05, 0.1) is 0 Å². The molecule has 0 atom stereocenters. The number of hydrogen-bond donors (Lipinski definition) is 0. The van der Waals surface area contributed by atoms with E-state index in [9.17, 15) is 0 Å². The topological polar surface area (TPSA) is 0 Å². The van der Waals surface area contributed by atoms with Gasteiger partial charge in [0.1, 0.15) is 0 Å². The van der Waals surface area contributed by atoms with Crippen LogP contribution in [-0.4, -0.2) is 0 Å². The zero-order chi connectivity index (χ0) is 14.5. The summed E-state index contributed by atoms with van der Waals surface area (Å²) >= 11 is 0. The molecule has 0 heteroatoms. The van der Waals surface area contributed by atoms with Crippen molar-refractivity contribution >= 4 is 0 Å². The Hall–Kier alpha value is -2.60. The van der Waals surface area contributed by atoms with E-state index in [1.807, 2.05) is 6.08 Å². The van der Waals surface area contributed by atoms with Crippen LogP contribution in [0.1, 0.15) is 5.56 Å². The quantitative estimate of drug-likeness (QED) is 0.529. The predicted octanol–water partition coefficient (Wildman–Crippen LogP) is 5.75. The van der Waals surface area contributed by atoms with Crippen molar-refractivity contribution in [3.8, 4) is 22.3 Å². The largest absolute Gasteiger partial charge is 0.103 e. The molecule has 0 amide bonds. The average molecular weight is 270 g/mol. The Morgan fingerprint density at radius 1 is 0.667 bits per heavy atom. The first-order valence-corrected chi connectivity index (χ1v) is 7.24. The van der Waals surface area contributed by atoms with Crippen LogP contribution >= 0.6 is 0 Å². The summed E-state index contributed by atoms with van der Waals surface area (Å²) in [6.07, 6.45) is 2.85.